The lowest BCUT2D eigenvalue weighted by Crippen LogP contribution is -2.81. The van der Waals surface area contributed by atoms with Gasteiger partial charge in [-0.15, -0.1) is 6.58 Å². The predicted octanol–water partition coefficient (Wildman–Crippen LogP) is 2.87. The van der Waals surface area contributed by atoms with Crippen LogP contribution in [0.3, 0.4) is 0 Å². The van der Waals surface area contributed by atoms with E-state index in [0.29, 0.717) is 19.3 Å². The third-order valence-electron chi connectivity index (χ3n) is 10.1. The van der Waals surface area contributed by atoms with E-state index < -0.39 is 45.6 Å². The number of carbonyl (C=O) groups is 2. The molecule has 2 aliphatic carbocycles. The van der Waals surface area contributed by atoms with Gasteiger partial charge in [-0.1, -0.05) is 25.5 Å². The van der Waals surface area contributed by atoms with Crippen LogP contribution < -0.4 is 0 Å². The smallest absolute Gasteiger partial charge is 0.306 e. The van der Waals surface area contributed by atoms with E-state index in [1.807, 2.05) is 19.9 Å². The standard InChI is InChI=1S/C30H48N2O6/c1-8-27(4)20-23(34)30(36)28(5)21(26(2,3)13-12-22(28)33)19-24(29(30,6)38-27)37-25(35)11-9-10-14-32-17-15-31(7)16-18-32/h8,19,22,24,33,36H,1,9-18,20H2,2-7H3/t22-,24-,27-,28+,29+,30-/m0/s1. The van der Waals surface area contributed by atoms with Gasteiger partial charge in [0.2, 0.25) is 0 Å². The summed E-state index contributed by atoms with van der Waals surface area (Å²) in [6, 6.07) is 0. The molecule has 8 heteroatoms. The Morgan fingerprint density at radius 1 is 1.18 bits per heavy atom. The largest absolute Gasteiger partial charge is 0.455 e. The predicted molar refractivity (Wildman–Crippen MR) is 146 cm³/mol. The number of unbranched alkanes of at least 4 members (excludes halogenated alkanes) is 1. The van der Waals surface area contributed by atoms with Gasteiger partial charge in [0.15, 0.2) is 17.5 Å². The molecular weight excluding hydrogens is 484 g/mol. The van der Waals surface area contributed by atoms with Gasteiger partial charge in [0.25, 0.3) is 0 Å². The number of nitrogens with zero attached hydrogens (tertiary/aromatic N) is 2. The molecule has 2 aliphatic heterocycles. The van der Waals surface area contributed by atoms with E-state index in [1.54, 1.807) is 26.8 Å². The Labute approximate surface area is 228 Å². The van der Waals surface area contributed by atoms with Gasteiger partial charge in [-0.2, -0.15) is 0 Å². The van der Waals surface area contributed by atoms with Crippen molar-refractivity contribution in [1.29, 1.82) is 0 Å². The number of fused-ring (bicyclic) bond motifs is 3. The number of ether oxygens (including phenoxy) is 2. The van der Waals surface area contributed by atoms with Crippen molar-refractivity contribution in [1.82, 2.24) is 9.80 Å². The van der Waals surface area contributed by atoms with Crippen LogP contribution in [0, 0.1) is 10.8 Å². The van der Waals surface area contributed by atoms with Crippen LogP contribution in [0.4, 0.5) is 0 Å². The van der Waals surface area contributed by atoms with E-state index in [9.17, 15) is 19.8 Å². The Morgan fingerprint density at radius 3 is 2.47 bits per heavy atom. The SMILES string of the molecule is C=C[C@@]1(C)CC(=O)[C@@]2(O)[C@](C)(O1)[C@@H](OC(=O)CCCCN1CCN(C)CC1)C=C1C(C)(C)CC[C@H](O)[C@@]12C. The molecule has 0 unspecified atom stereocenters. The van der Waals surface area contributed by atoms with Gasteiger partial charge in [0.1, 0.15) is 5.60 Å². The average Bonchev–Trinajstić information content (AvgIpc) is 2.85. The second-order valence-corrected chi connectivity index (χ2v) is 13.3. The topological polar surface area (TPSA) is 99.5 Å². The van der Waals surface area contributed by atoms with E-state index in [1.165, 1.54) is 0 Å². The molecule has 0 spiro atoms. The quantitative estimate of drug-likeness (QED) is 0.293. The fraction of sp³-hybridized carbons (Fsp3) is 0.800. The maximum Gasteiger partial charge on any atom is 0.306 e. The molecule has 8 nitrogen and oxygen atoms in total. The van der Waals surface area contributed by atoms with Gasteiger partial charge < -0.3 is 29.5 Å². The summed E-state index contributed by atoms with van der Waals surface area (Å²) in [5.41, 5.74) is -5.67. The highest BCUT2D eigenvalue weighted by atomic mass is 16.6. The monoisotopic (exact) mass is 532 g/mol. The van der Waals surface area contributed by atoms with Crippen molar-refractivity contribution in [2.75, 3.05) is 39.8 Å². The highest BCUT2D eigenvalue weighted by molar-refractivity contribution is 5.93. The fourth-order valence-corrected chi connectivity index (χ4v) is 7.47. The van der Waals surface area contributed by atoms with Crippen LogP contribution in [0.25, 0.3) is 0 Å². The second-order valence-electron chi connectivity index (χ2n) is 13.3. The normalized spacial score (nSPS) is 41.6. The average molecular weight is 533 g/mol. The highest BCUT2D eigenvalue weighted by Crippen LogP contribution is 2.64. The number of hydrogen-bond acceptors (Lipinski definition) is 8. The van der Waals surface area contributed by atoms with Crippen molar-refractivity contribution in [2.24, 2.45) is 10.8 Å². The molecule has 6 atom stereocenters. The minimum atomic E-state index is -2.09. The lowest BCUT2D eigenvalue weighted by atomic mass is 9.44. The Bertz CT molecular complexity index is 987. The first-order valence-electron chi connectivity index (χ1n) is 14.2. The molecule has 38 heavy (non-hydrogen) atoms. The second kappa shape index (κ2) is 10.1. The maximum atomic E-state index is 13.9. The molecule has 0 aromatic heterocycles. The molecule has 214 valence electrons. The van der Waals surface area contributed by atoms with Crippen LogP contribution in [0.15, 0.2) is 24.3 Å². The molecule has 0 aromatic rings. The lowest BCUT2D eigenvalue weighted by molar-refractivity contribution is -0.305. The Kier molecular flexibility index (Phi) is 7.82. The van der Waals surface area contributed by atoms with Gasteiger partial charge in [-0.25, -0.2) is 0 Å². The van der Waals surface area contributed by atoms with E-state index in [4.69, 9.17) is 9.47 Å². The Hall–Kier alpha value is -1.58. The number of aliphatic hydroxyl groups is 2. The number of ketones is 1. The molecule has 0 amide bonds. The number of carbonyl (C=O) groups excluding carboxylic acids is 2. The van der Waals surface area contributed by atoms with E-state index in [2.05, 4.69) is 23.4 Å². The van der Waals surface area contributed by atoms with E-state index in [-0.39, 0.29) is 18.8 Å². The summed E-state index contributed by atoms with van der Waals surface area (Å²) in [5.74, 6) is -0.805. The highest BCUT2D eigenvalue weighted by Gasteiger charge is 2.76. The first kappa shape index (κ1) is 29.4. The zero-order valence-corrected chi connectivity index (χ0v) is 24.2. The van der Waals surface area contributed by atoms with E-state index in [0.717, 1.165) is 44.7 Å². The molecule has 0 bridgehead atoms. The number of rotatable bonds is 7. The van der Waals surface area contributed by atoms with Crippen molar-refractivity contribution in [3.05, 3.63) is 24.3 Å². The molecular formula is C30H48N2O6. The number of hydrogen-bond donors (Lipinski definition) is 2. The molecule has 0 aromatic carbocycles. The maximum absolute atomic E-state index is 13.9. The Morgan fingerprint density at radius 2 is 1.84 bits per heavy atom. The van der Waals surface area contributed by atoms with Gasteiger partial charge >= 0.3 is 5.97 Å². The summed E-state index contributed by atoms with van der Waals surface area (Å²) in [6.07, 6.45) is 4.37. The van der Waals surface area contributed by atoms with Crippen LogP contribution in [-0.4, -0.2) is 101 Å². The van der Waals surface area contributed by atoms with Crippen molar-refractivity contribution in [3.63, 3.8) is 0 Å². The molecule has 2 saturated heterocycles. The summed E-state index contributed by atoms with van der Waals surface area (Å²) in [4.78, 5) is 31.8. The fourth-order valence-electron chi connectivity index (χ4n) is 7.47. The van der Waals surface area contributed by atoms with Crippen LogP contribution >= 0.6 is 0 Å². The number of likely N-dealkylation sites (N-methyl/N-ethyl adjacent to an activating group) is 1. The van der Waals surface area contributed by atoms with Gasteiger partial charge in [0.05, 0.1) is 17.1 Å². The number of aliphatic hydroxyl groups excluding tert-OH is 1. The molecule has 1 saturated carbocycles. The zero-order valence-electron chi connectivity index (χ0n) is 24.2. The number of Topliss-reactive ketones (excluding diaryl/α,β-unsaturated/α-hetero) is 1. The third kappa shape index (κ3) is 4.60. The van der Waals surface area contributed by atoms with Gasteiger partial charge in [0, 0.05) is 39.0 Å². The van der Waals surface area contributed by atoms with Gasteiger partial charge in [-0.05, 0) is 71.5 Å². The first-order valence-corrected chi connectivity index (χ1v) is 14.2. The third-order valence-corrected chi connectivity index (χ3v) is 10.1. The van der Waals surface area contributed by atoms with Crippen molar-refractivity contribution in [2.45, 2.75) is 102 Å². The lowest BCUT2D eigenvalue weighted by Gasteiger charge is -2.66. The van der Waals surface area contributed by atoms with Crippen LogP contribution in [0.2, 0.25) is 0 Å². The van der Waals surface area contributed by atoms with Crippen molar-refractivity contribution >= 4 is 11.8 Å². The molecule has 0 radical (unpaired) electrons. The molecule has 2 heterocycles. The number of esters is 1. The van der Waals surface area contributed by atoms with Crippen LogP contribution in [0.1, 0.15) is 73.1 Å². The number of piperazine rings is 1. The van der Waals surface area contributed by atoms with Crippen LogP contribution in [-0.2, 0) is 19.1 Å². The summed E-state index contributed by atoms with van der Waals surface area (Å²) in [5, 5.41) is 23.8. The van der Waals surface area contributed by atoms with Gasteiger partial charge in [-0.3, -0.25) is 9.59 Å². The Balaban J connectivity index is 1.59. The first-order chi connectivity index (χ1) is 17.6. The zero-order chi connectivity index (χ0) is 28.1. The summed E-state index contributed by atoms with van der Waals surface area (Å²) in [6.45, 7) is 18.3. The summed E-state index contributed by atoms with van der Waals surface area (Å²) in [7, 11) is 2.13. The minimum absolute atomic E-state index is 0.0778. The molecule has 4 aliphatic rings. The van der Waals surface area contributed by atoms with Crippen molar-refractivity contribution in [3.8, 4) is 0 Å². The van der Waals surface area contributed by atoms with E-state index >= 15 is 0 Å². The summed E-state index contributed by atoms with van der Waals surface area (Å²) >= 11 is 0. The summed E-state index contributed by atoms with van der Waals surface area (Å²) < 4.78 is 12.6. The van der Waals surface area contributed by atoms with Crippen molar-refractivity contribution < 1.29 is 29.3 Å². The van der Waals surface area contributed by atoms with Crippen LogP contribution in [0.5, 0.6) is 0 Å². The minimum Gasteiger partial charge on any atom is -0.455 e. The molecule has 4 rings (SSSR count). The molecule has 3 fully saturated rings. The molecule has 2 N–H and O–H groups in total.